The zero-order chi connectivity index (χ0) is 11.0. The number of H-pyrrole nitrogens is 1. The lowest BCUT2D eigenvalue weighted by Crippen LogP contribution is -1.98. The van der Waals surface area contributed by atoms with Gasteiger partial charge in [-0.3, -0.25) is 0 Å². The summed E-state index contributed by atoms with van der Waals surface area (Å²) < 4.78 is 2.65. The molecule has 0 unspecified atom stereocenters. The second-order valence-electron chi connectivity index (χ2n) is 3.61. The Labute approximate surface area is 98.2 Å². The van der Waals surface area contributed by atoms with Gasteiger partial charge in [0.05, 0.1) is 16.1 Å². The maximum Gasteiger partial charge on any atom is 0.178 e. The molecule has 78 valence electrons. The van der Waals surface area contributed by atoms with Crippen molar-refractivity contribution in [1.29, 1.82) is 0 Å². The first-order valence-electron chi connectivity index (χ1n) is 4.61. The van der Waals surface area contributed by atoms with Gasteiger partial charge in [0, 0.05) is 6.54 Å². The highest BCUT2D eigenvalue weighted by Crippen LogP contribution is 2.23. The third-order valence-electron chi connectivity index (χ3n) is 2.17. The molecular formula is C11H11ClN2S. The maximum atomic E-state index is 6.14. The van der Waals surface area contributed by atoms with E-state index >= 15 is 0 Å². The molecule has 0 amide bonds. The molecule has 2 nitrogen and oxygen atoms in total. The Balaban J connectivity index is 2.76. The van der Waals surface area contributed by atoms with E-state index in [1.807, 2.05) is 29.7 Å². The average Bonchev–Trinajstić information content (AvgIpc) is 2.43. The second-order valence-corrected chi connectivity index (χ2v) is 4.40. The van der Waals surface area contributed by atoms with Crippen LogP contribution in [0.2, 0.25) is 5.02 Å². The Morgan fingerprint density at radius 2 is 2.33 bits per heavy atom. The third-order valence-corrected chi connectivity index (χ3v) is 2.80. The van der Waals surface area contributed by atoms with E-state index in [2.05, 4.69) is 11.6 Å². The van der Waals surface area contributed by atoms with Gasteiger partial charge in [-0.15, -0.1) is 0 Å². The van der Waals surface area contributed by atoms with E-state index in [1.165, 1.54) is 0 Å². The number of halogens is 1. The quantitative estimate of drug-likeness (QED) is 0.621. The molecule has 15 heavy (non-hydrogen) atoms. The van der Waals surface area contributed by atoms with Crippen molar-refractivity contribution in [1.82, 2.24) is 9.55 Å². The molecule has 0 saturated heterocycles. The first-order valence-corrected chi connectivity index (χ1v) is 5.39. The molecule has 0 fully saturated rings. The van der Waals surface area contributed by atoms with Crippen LogP contribution >= 0.6 is 23.8 Å². The number of para-hydroxylation sites is 1. The Morgan fingerprint density at radius 1 is 1.60 bits per heavy atom. The van der Waals surface area contributed by atoms with Gasteiger partial charge in [-0.2, -0.15) is 0 Å². The lowest BCUT2D eigenvalue weighted by atomic mass is 10.3. The minimum atomic E-state index is 0.682. The molecule has 0 aliphatic heterocycles. The van der Waals surface area contributed by atoms with Gasteiger partial charge < -0.3 is 9.55 Å². The average molecular weight is 239 g/mol. The summed E-state index contributed by atoms with van der Waals surface area (Å²) in [7, 11) is 0. The predicted octanol–water partition coefficient (Wildman–Crippen LogP) is 3.93. The van der Waals surface area contributed by atoms with Crippen molar-refractivity contribution in [2.24, 2.45) is 0 Å². The standard InChI is InChI=1S/C11H11ClN2S/c1-7(2)6-14-10-8(12)4-3-5-9(10)13-11(14)15/h3-5H,1,6H2,2H3,(H,13,15). The topological polar surface area (TPSA) is 20.7 Å². The molecule has 0 aliphatic carbocycles. The number of hydrogen-bond donors (Lipinski definition) is 1. The molecule has 4 heteroatoms. The zero-order valence-electron chi connectivity index (χ0n) is 8.38. The molecule has 0 aliphatic rings. The highest BCUT2D eigenvalue weighted by Gasteiger charge is 2.07. The first-order chi connectivity index (χ1) is 7.09. The zero-order valence-corrected chi connectivity index (χ0v) is 9.95. The number of aromatic amines is 1. The van der Waals surface area contributed by atoms with E-state index < -0.39 is 0 Å². The Morgan fingerprint density at radius 3 is 3.00 bits per heavy atom. The van der Waals surface area contributed by atoms with Crippen molar-refractivity contribution in [3.63, 3.8) is 0 Å². The molecular weight excluding hydrogens is 228 g/mol. The van der Waals surface area contributed by atoms with Crippen LogP contribution in [-0.4, -0.2) is 9.55 Å². The van der Waals surface area contributed by atoms with Crippen LogP contribution in [-0.2, 0) is 6.54 Å². The fourth-order valence-electron chi connectivity index (χ4n) is 1.60. The Bertz CT molecular complexity index is 580. The summed E-state index contributed by atoms with van der Waals surface area (Å²) in [5, 5.41) is 0.709. The van der Waals surface area contributed by atoms with Gasteiger partial charge in [-0.25, -0.2) is 0 Å². The molecule has 1 heterocycles. The van der Waals surface area contributed by atoms with Gasteiger partial charge >= 0.3 is 0 Å². The van der Waals surface area contributed by atoms with E-state index in [4.69, 9.17) is 23.8 Å². The van der Waals surface area contributed by atoms with Crippen molar-refractivity contribution in [3.8, 4) is 0 Å². The van der Waals surface area contributed by atoms with Gasteiger partial charge in [0.25, 0.3) is 0 Å². The lowest BCUT2D eigenvalue weighted by Gasteiger charge is -2.04. The molecule has 2 aromatic rings. The van der Waals surface area contributed by atoms with Crippen molar-refractivity contribution in [3.05, 3.63) is 40.1 Å². The minimum absolute atomic E-state index is 0.682. The molecule has 0 atom stereocenters. The van der Waals surface area contributed by atoms with E-state index in [0.29, 0.717) is 16.3 Å². The summed E-state index contributed by atoms with van der Waals surface area (Å²) in [6.07, 6.45) is 0. The van der Waals surface area contributed by atoms with E-state index in [-0.39, 0.29) is 0 Å². The molecule has 0 bridgehead atoms. The van der Waals surface area contributed by atoms with E-state index in [9.17, 15) is 0 Å². The Kier molecular flexibility index (Phi) is 2.67. The SMILES string of the molecule is C=C(C)Cn1c(=S)[nH]c2cccc(Cl)c21. The minimum Gasteiger partial charge on any atom is -0.331 e. The summed E-state index contributed by atoms with van der Waals surface area (Å²) >= 11 is 11.4. The van der Waals surface area contributed by atoms with Crippen LogP contribution in [0.1, 0.15) is 6.92 Å². The predicted molar refractivity (Wildman–Crippen MR) is 66.9 cm³/mol. The van der Waals surface area contributed by atoms with Crippen LogP contribution in [0.15, 0.2) is 30.4 Å². The number of hydrogen-bond acceptors (Lipinski definition) is 1. The van der Waals surface area contributed by atoms with Gasteiger partial charge in [0.15, 0.2) is 4.77 Å². The molecule has 0 saturated carbocycles. The number of imidazole rings is 1. The first kappa shape index (κ1) is 10.5. The van der Waals surface area contributed by atoms with Crippen LogP contribution in [0.3, 0.4) is 0 Å². The van der Waals surface area contributed by atoms with Gasteiger partial charge in [0.2, 0.25) is 0 Å². The summed E-state index contributed by atoms with van der Waals surface area (Å²) in [4.78, 5) is 3.13. The highest BCUT2D eigenvalue weighted by molar-refractivity contribution is 7.71. The number of benzene rings is 1. The largest absolute Gasteiger partial charge is 0.331 e. The van der Waals surface area contributed by atoms with E-state index in [0.717, 1.165) is 16.6 Å². The number of rotatable bonds is 2. The molecule has 1 N–H and O–H groups in total. The summed E-state index contributed by atoms with van der Waals surface area (Å²) in [6.45, 7) is 6.55. The highest BCUT2D eigenvalue weighted by atomic mass is 35.5. The number of nitrogens with one attached hydrogen (secondary N) is 1. The van der Waals surface area contributed by atoms with Crippen molar-refractivity contribution < 1.29 is 0 Å². The van der Waals surface area contributed by atoms with Gasteiger partial charge in [0.1, 0.15) is 0 Å². The smallest absolute Gasteiger partial charge is 0.178 e. The molecule has 1 aromatic carbocycles. The van der Waals surface area contributed by atoms with Gasteiger partial charge in [-0.1, -0.05) is 29.8 Å². The third kappa shape index (κ3) is 1.85. The van der Waals surface area contributed by atoms with Gasteiger partial charge in [-0.05, 0) is 31.3 Å². The molecule has 0 spiro atoms. The van der Waals surface area contributed by atoms with Crippen molar-refractivity contribution in [2.45, 2.75) is 13.5 Å². The maximum absolute atomic E-state index is 6.14. The van der Waals surface area contributed by atoms with Crippen molar-refractivity contribution in [2.75, 3.05) is 0 Å². The van der Waals surface area contributed by atoms with Crippen LogP contribution in [0.4, 0.5) is 0 Å². The number of aromatic nitrogens is 2. The molecule has 2 rings (SSSR count). The van der Waals surface area contributed by atoms with Crippen LogP contribution in [0.25, 0.3) is 11.0 Å². The Hall–Kier alpha value is -1.06. The monoisotopic (exact) mass is 238 g/mol. The van der Waals surface area contributed by atoms with Crippen molar-refractivity contribution >= 4 is 34.9 Å². The van der Waals surface area contributed by atoms with Crippen LogP contribution < -0.4 is 0 Å². The number of allylic oxidation sites excluding steroid dienone is 1. The second kappa shape index (κ2) is 3.83. The number of fused-ring (bicyclic) bond motifs is 1. The lowest BCUT2D eigenvalue weighted by molar-refractivity contribution is 0.798. The fraction of sp³-hybridized carbons (Fsp3) is 0.182. The van der Waals surface area contributed by atoms with Crippen LogP contribution in [0.5, 0.6) is 0 Å². The van der Waals surface area contributed by atoms with E-state index in [1.54, 1.807) is 0 Å². The summed E-state index contributed by atoms with van der Waals surface area (Å²) in [5.74, 6) is 0. The van der Waals surface area contributed by atoms with Crippen LogP contribution in [0, 0.1) is 4.77 Å². The normalized spacial score (nSPS) is 10.8. The molecule has 0 radical (unpaired) electrons. The fourth-order valence-corrected chi connectivity index (χ4v) is 2.14. The molecule has 1 aromatic heterocycles. The number of nitrogens with zero attached hydrogens (tertiary/aromatic N) is 1. The summed E-state index contributed by atoms with van der Waals surface area (Å²) in [6, 6.07) is 5.73. The summed E-state index contributed by atoms with van der Waals surface area (Å²) in [5.41, 5.74) is 2.97.